The van der Waals surface area contributed by atoms with Crippen LogP contribution in [0, 0.1) is 13.8 Å². The Morgan fingerprint density at radius 1 is 1.15 bits per heavy atom. The number of aromatic nitrogens is 3. The van der Waals surface area contributed by atoms with Gasteiger partial charge >= 0.3 is 0 Å². The van der Waals surface area contributed by atoms with Crippen LogP contribution in [0.15, 0.2) is 36.4 Å². The number of nitrogens with zero attached hydrogens (tertiary/aromatic N) is 3. The number of rotatable bonds is 4. The van der Waals surface area contributed by atoms with E-state index in [-0.39, 0.29) is 6.10 Å². The number of benzene rings is 1. The van der Waals surface area contributed by atoms with E-state index in [4.69, 9.17) is 4.74 Å². The van der Waals surface area contributed by atoms with E-state index in [1.165, 1.54) is 0 Å². The number of H-pyrrole nitrogens is 1. The maximum atomic E-state index is 12.9. The van der Waals surface area contributed by atoms with Gasteiger partial charge in [-0.2, -0.15) is 5.10 Å². The van der Waals surface area contributed by atoms with Crippen LogP contribution >= 0.6 is 0 Å². The number of Topliss-reactive ketones (excluding diaryl/α,β-unsaturated/α-hetero) is 1. The largest absolute Gasteiger partial charge is 0.471 e. The Morgan fingerprint density at radius 2 is 1.96 bits per heavy atom. The fourth-order valence-corrected chi connectivity index (χ4v) is 3.45. The number of likely N-dealkylation sites (tertiary alicyclic amines) is 1. The summed E-state index contributed by atoms with van der Waals surface area (Å²) >= 11 is 0. The van der Waals surface area contributed by atoms with E-state index < -0.39 is 11.7 Å². The summed E-state index contributed by atoms with van der Waals surface area (Å²) in [5, 5.41) is 8.72. The Bertz CT molecular complexity index is 1010. The molecule has 4 rings (SSSR count). The molecule has 0 aliphatic carbocycles. The van der Waals surface area contributed by atoms with Crippen molar-refractivity contribution >= 4 is 22.6 Å². The number of aromatic amines is 1. The van der Waals surface area contributed by atoms with E-state index in [9.17, 15) is 9.59 Å². The minimum atomic E-state index is -0.496. The van der Waals surface area contributed by atoms with Gasteiger partial charge in [-0.1, -0.05) is 18.2 Å². The molecule has 3 heterocycles. The lowest BCUT2D eigenvalue weighted by molar-refractivity contribution is -0.125. The molecule has 1 atom stereocenters. The highest BCUT2D eigenvalue weighted by atomic mass is 16.5. The number of carbonyl (C=O) groups is 2. The van der Waals surface area contributed by atoms with Gasteiger partial charge in [0.2, 0.25) is 5.88 Å². The third-order valence-corrected chi connectivity index (χ3v) is 4.81. The van der Waals surface area contributed by atoms with Gasteiger partial charge in [0, 0.05) is 35.6 Å². The number of fused-ring (bicyclic) bond motifs is 1. The van der Waals surface area contributed by atoms with Gasteiger partial charge in [0.25, 0.3) is 11.7 Å². The summed E-state index contributed by atoms with van der Waals surface area (Å²) in [6, 6.07) is 11.1. The van der Waals surface area contributed by atoms with Crippen molar-refractivity contribution in [3.63, 3.8) is 0 Å². The lowest BCUT2D eigenvalue weighted by atomic mass is 10.1. The maximum Gasteiger partial charge on any atom is 0.295 e. The molecule has 7 nitrogen and oxygen atoms in total. The summed E-state index contributed by atoms with van der Waals surface area (Å²) in [6.45, 7) is 4.51. The number of hydrogen-bond donors (Lipinski definition) is 1. The summed E-state index contributed by atoms with van der Waals surface area (Å²) < 4.78 is 5.79. The van der Waals surface area contributed by atoms with Crippen molar-refractivity contribution < 1.29 is 14.3 Å². The lowest BCUT2D eigenvalue weighted by Crippen LogP contribution is -2.36. The normalized spacial score (nSPS) is 16.7. The zero-order chi connectivity index (χ0) is 19.0. The Kier molecular flexibility index (Phi) is 4.35. The van der Waals surface area contributed by atoms with E-state index in [1.54, 1.807) is 11.0 Å². The second-order valence-corrected chi connectivity index (χ2v) is 6.79. The average Bonchev–Trinajstić information content (AvgIpc) is 3.26. The van der Waals surface area contributed by atoms with Crippen LogP contribution in [0.3, 0.4) is 0 Å². The number of ketones is 1. The third-order valence-electron chi connectivity index (χ3n) is 4.81. The van der Waals surface area contributed by atoms with Crippen LogP contribution in [0.4, 0.5) is 0 Å². The third kappa shape index (κ3) is 3.28. The number of carbonyl (C=O) groups excluding carboxylic acids is 2. The smallest absolute Gasteiger partial charge is 0.295 e. The number of hydrogen-bond acceptors (Lipinski definition) is 5. The molecule has 1 aliphatic rings. The van der Waals surface area contributed by atoms with Crippen molar-refractivity contribution in [1.29, 1.82) is 0 Å². The highest BCUT2D eigenvalue weighted by molar-refractivity contribution is 6.45. The van der Waals surface area contributed by atoms with E-state index in [0.29, 0.717) is 36.6 Å². The van der Waals surface area contributed by atoms with Gasteiger partial charge in [-0.25, -0.2) is 0 Å². The first kappa shape index (κ1) is 17.2. The Balaban J connectivity index is 1.47. The summed E-state index contributed by atoms with van der Waals surface area (Å²) in [7, 11) is 0. The first-order chi connectivity index (χ1) is 13.0. The van der Waals surface area contributed by atoms with Crippen molar-refractivity contribution in [2.45, 2.75) is 26.4 Å². The predicted octanol–water partition coefficient (Wildman–Crippen LogP) is 2.44. The molecule has 0 radical (unpaired) electrons. The molecule has 1 aliphatic heterocycles. The minimum Gasteiger partial charge on any atom is -0.471 e. The summed E-state index contributed by atoms with van der Waals surface area (Å²) in [5.74, 6) is -0.552. The van der Waals surface area contributed by atoms with Crippen molar-refractivity contribution in [1.82, 2.24) is 20.1 Å². The van der Waals surface area contributed by atoms with Gasteiger partial charge in [0.15, 0.2) is 0 Å². The number of amides is 1. The minimum absolute atomic E-state index is 0.192. The zero-order valence-electron chi connectivity index (χ0n) is 15.2. The predicted molar refractivity (Wildman–Crippen MR) is 99.7 cm³/mol. The molecule has 0 bridgehead atoms. The highest BCUT2D eigenvalue weighted by Crippen LogP contribution is 2.24. The molecule has 0 saturated carbocycles. The Morgan fingerprint density at radius 3 is 2.74 bits per heavy atom. The fraction of sp³-hybridized carbons (Fsp3) is 0.300. The van der Waals surface area contributed by atoms with Gasteiger partial charge < -0.3 is 14.6 Å². The maximum absolute atomic E-state index is 12.9. The summed E-state index contributed by atoms with van der Waals surface area (Å²) in [4.78, 5) is 30.3. The highest BCUT2D eigenvalue weighted by Gasteiger charge is 2.33. The van der Waals surface area contributed by atoms with E-state index in [0.717, 1.165) is 16.6 Å². The Labute approximate surface area is 156 Å². The molecule has 2 aromatic heterocycles. The fourth-order valence-electron chi connectivity index (χ4n) is 3.45. The van der Waals surface area contributed by atoms with Crippen LogP contribution in [0.1, 0.15) is 28.2 Å². The lowest BCUT2D eigenvalue weighted by Gasteiger charge is -2.16. The van der Waals surface area contributed by atoms with Crippen LogP contribution in [0.25, 0.3) is 10.9 Å². The molecule has 1 aromatic carbocycles. The molecule has 1 unspecified atom stereocenters. The van der Waals surface area contributed by atoms with Crippen LogP contribution in [0.5, 0.6) is 5.88 Å². The van der Waals surface area contributed by atoms with Crippen LogP contribution in [-0.4, -0.2) is 51.0 Å². The molecule has 1 saturated heterocycles. The molecular weight excluding hydrogens is 344 g/mol. The van der Waals surface area contributed by atoms with E-state index >= 15 is 0 Å². The topological polar surface area (TPSA) is 88.2 Å². The Hall–Kier alpha value is -3.22. The van der Waals surface area contributed by atoms with Gasteiger partial charge in [0.1, 0.15) is 6.10 Å². The molecule has 7 heteroatoms. The van der Waals surface area contributed by atoms with Crippen molar-refractivity contribution in [3.8, 4) is 5.88 Å². The van der Waals surface area contributed by atoms with Gasteiger partial charge in [-0.05, 0) is 26.0 Å². The second kappa shape index (κ2) is 6.83. The zero-order valence-corrected chi connectivity index (χ0v) is 15.2. The molecular formula is C20H20N4O3. The van der Waals surface area contributed by atoms with Crippen LogP contribution in [0.2, 0.25) is 0 Å². The van der Waals surface area contributed by atoms with E-state index in [2.05, 4.69) is 15.2 Å². The second-order valence-electron chi connectivity index (χ2n) is 6.79. The van der Waals surface area contributed by atoms with E-state index in [1.807, 2.05) is 44.2 Å². The molecule has 1 fully saturated rings. The van der Waals surface area contributed by atoms with Gasteiger partial charge in [0.05, 0.1) is 17.8 Å². The monoisotopic (exact) mass is 364 g/mol. The van der Waals surface area contributed by atoms with Crippen molar-refractivity contribution in [3.05, 3.63) is 53.3 Å². The molecule has 0 spiro atoms. The number of nitrogens with one attached hydrogen (secondary N) is 1. The summed E-state index contributed by atoms with van der Waals surface area (Å²) in [5.41, 5.74) is 2.82. The molecule has 1 N–H and O–H groups in total. The average molecular weight is 364 g/mol. The SMILES string of the molecule is Cc1ccc(OC2CCN(C(=O)C(=O)c3c(C)[nH]c4ccccc34)C2)nn1. The van der Waals surface area contributed by atoms with Crippen LogP contribution in [-0.2, 0) is 4.79 Å². The standard InChI is InChI=1S/C20H20N4O3/c1-12-7-8-17(23-22-12)27-14-9-10-24(11-14)20(26)19(25)18-13(2)21-16-6-4-3-5-15(16)18/h3-8,14,21H,9-11H2,1-2H3. The summed E-state index contributed by atoms with van der Waals surface area (Å²) in [6.07, 6.45) is 0.462. The molecule has 3 aromatic rings. The number of para-hydroxylation sites is 1. The molecule has 27 heavy (non-hydrogen) atoms. The van der Waals surface area contributed by atoms with Crippen LogP contribution < -0.4 is 4.74 Å². The van der Waals surface area contributed by atoms with Gasteiger partial charge in [-0.15, -0.1) is 5.10 Å². The molecule has 138 valence electrons. The number of aryl methyl sites for hydroxylation is 2. The first-order valence-corrected chi connectivity index (χ1v) is 8.91. The first-order valence-electron chi connectivity index (χ1n) is 8.91. The van der Waals surface area contributed by atoms with Gasteiger partial charge in [-0.3, -0.25) is 9.59 Å². The number of ether oxygens (including phenoxy) is 1. The van der Waals surface area contributed by atoms with Crippen molar-refractivity contribution in [2.75, 3.05) is 13.1 Å². The van der Waals surface area contributed by atoms with Crippen molar-refractivity contribution in [2.24, 2.45) is 0 Å². The molecule has 1 amide bonds. The quantitative estimate of drug-likeness (QED) is 0.567.